The first-order valence-electron chi connectivity index (χ1n) is 8.32. The SMILES string of the molecule is CC(C)N(Cc1ccc(C#N)cc1)C(=O)c1cc(=O)c2ccccc2o1. The van der Waals surface area contributed by atoms with E-state index >= 15 is 0 Å². The first-order valence-corrected chi connectivity index (χ1v) is 8.32. The van der Waals surface area contributed by atoms with Crippen LogP contribution in [0.1, 0.15) is 35.5 Å². The summed E-state index contributed by atoms with van der Waals surface area (Å²) in [6, 6.07) is 17.2. The van der Waals surface area contributed by atoms with Crippen LogP contribution in [0, 0.1) is 11.3 Å². The van der Waals surface area contributed by atoms with E-state index in [9.17, 15) is 9.59 Å². The Morgan fingerprint density at radius 2 is 1.85 bits per heavy atom. The van der Waals surface area contributed by atoms with Gasteiger partial charge in [-0.25, -0.2) is 0 Å². The third-order valence-electron chi connectivity index (χ3n) is 4.17. The zero-order chi connectivity index (χ0) is 18.7. The van der Waals surface area contributed by atoms with Crippen LogP contribution in [0.2, 0.25) is 0 Å². The molecule has 0 aliphatic heterocycles. The average molecular weight is 346 g/mol. The maximum absolute atomic E-state index is 13.0. The molecule has 1 amide bonds. The van der Waals surface area contributed by atoms with E-state index < -0.39 is 0 Å². The molecule has 0 saturated carbocycles. The minimum atomic E-state index is -0.341. The van der Waals surface area contributed by atoms with Gasteiger partial charge in [-0.2, -0.15) is 5.26 Å². The zero-order valence-corrected chi connectivity index (χ0v) is 14.6. The van der Waals surface area contributed by atoms with Gasteiger partial charge in [0.25, 0.3) is 5.91 Å². The molecule has 3 aromatic rings. The monoisotopic (exact) mass is 346 g/mol. The highest BCUT2D eigenvalue weighted by atomic mass is 16.3. The number of nitrogens with zero attached hydrogens (tertiary/aromatic N) is 2. The van der Waals surface area contributed by atoms with E-state index in [1.54, 1.807) is 41.3 Å². The van der Waals surface area contributed by atoms with E-state index in [4.69, 9.17) is 9.68 Å². The summed E-state index contributed by atoms with van der Waals surface area (Å²) in [5.41, 5.74) is 1.62. The minimum absolute atomic E-state index is 0.0241. The number of nitriles is 1. The van der Waals surface area contributed by atoms with Gasteiger partial charge in [-0.15, -0.1) is 0 Å². The Morgan fingerprint density at radius 1 is 1.15 bits per heavy atom. The second-order valence-corrected chi connectivity index (χ2v) is 6.31. The third kappa shape index (κ3) is 3.50. The zero-order valence-electron chi connectivity index (χ0n) is 14.6. The highest BCUT2D eigenvalue weighted by Gasteiger charge is 2.22. The fourth-order valence-corrected chi connectivity index (χ4v) is 2.72. The van der Waals surface area contributed by atoms with Crippen molar-refractivity contribution in [1.82, 2.24) is 4.90 Å². The molecule has 0 saturated heterocycles. The van der Waals surface area contributed by atoms with Crippen LogP contribution in [-0.4, -0.2) is 16.8 Å². The van der Waals surface area contributed by atoms with Gasteiger partial charge in [-0.1, -0.05) is 24.3 Å². The van der Waals surface area contributed by atoms with E-state index in [2.05, 4.69) is 6.07 Å². The van der Waals surface area contributed by atoms with Gasteiger partial charge < -0.3 is 9.32 Å². The molecule has 1 aromatic heterocycles. The molecular weight excluding hydrogens is 328 g/mol. The van der Waals surface area contributed by atoms with Crippen molar-refractivity contribution in [2.75, 3.05) is 0 Å². The van der Waals surface area contributed by atoms with Gasteiger partial charge in [0.1, 0.15) is 5.58 Å². The second kappa shape index (κ2) is 7.24. The summed E-state index contributed by atoms with van der Waals surface area (Å²) < 4.78 is 5.68. The van der Waals surface area contributed by atoms with Crippen LogP contribution in [0.15, 0.2) is 63.8 Å². The van der Waals surface area contributed by atoms with E-state index in [0.29, 0.717) is 23.1 Å². The number of hydrogen-bond donors (Lipinski definition) is 0. The summed E-state index contributed by atoms with van der Waals surface area (Å²) >= 11 is 0. The normalized spacial score (nSPS) is 10.7. The number of carbonyl (C=O) groups excluding carboxylic acids is 1. The Kier molecular flexibility index (Phi) is 4.85. The highest BCUT2D eigenvalue weighted by molar-refractivity contribution is 5.93. The fraction of sp³-hybridized carbons (Fsp3) is 0.190. The molecule has 5 heteroatoms. The quantitative estimate of drug-likeness (QED) is 0.722. The molecule has 26 heavy (non-hydrogen) atoms. The van der Waals surface area contributed by atoms with Crippen LogP contribution < -0.4 is 5.43 Å². The standard InChI is InChI=1S/C21H18N2O3/c1-14(2)23(13-16-9-7-15(12-22)8-10-16)21(25)20-11-18(24)17-5-3-4-6-19(17)26-20/h3-11,14H,13H2,1-2H3. The van der Waals surface area contributed by atoms with Crippen molar-refractivity contribution in [3.05, 3.63) is 81.7 Å². The first-order chi connectivity index (χ1) is 12.5. The summed E-state index contributed by atoms with van der Waals surface area (Å²) in [5.74, 6) is -0.316. The van der Waals surface area contributed by atoms with Crippen LogP contribution in [-0.2, 0) is 6.54 Å². The predicted molar refractivity (Wildman–Crippen MR) is 98.7 cm³/mol. The smallest absolute Gasteiger partial charge is 0.290 e. The molecule has 0 aliphatic carbocycles. The van der Waals surface area contributed by atoms with Gasteiger partial charge in [0.05, 0.1) is 17.0 Å². The van der Waals surface area contributed by atoms with Crippen molar-refractivity contribution in [2.24, 2.45) is 0 Å². The second-order valence-electron chi connectivity index (χ2n) is 6.31. The molecule has 5 nitrogen and oxygen atoms in total. The minimum Gasteiger partial charge on any atom is -0.451 e. The molecule has 0 fully saturated rings. The molecule has 0 atom stereocenters. The van der Waals surface area contributed by atoms with E-state index in [1.807, 2.05) is 26.0 Å². The Hall–Kier alpha value is -3.39. The number of rotatable bonds is 4. The maximum Gasteiger partial charge on any atom is 0.290 e. The average Bonchev–Trinajstić information content (AvgIpc) is 2.65. The van der Waals surface area contributed by atoms with Crippen molar-refractivity contribution in [1.29, 1.82) is 5.26 Å². The van der Waals surface area contributed by atoms with Crippen molar-refractivity contribution in [2.45, 2.75) is 26.4 Å². The van der Waals surface area contributed by atoms with Gasteiger partial charge in [0.2, 0.25) is 0 Å². The van der Waals surface area contributed by atoms with Gasteiger partial charge in [-0.05, 0) is 43.7 Å². The summed E-state index contributed by atoms with van der Waals surface area (Å²) in [6.45, 7) is 4.17. The number of benzene rings is 2. The van der Waals surface area contributed by atoms with Gasteiger partial charge in [-0.3, -0.25) is 9.59 Å². The van der Waals surface area contributed by atoms with Gasteiger partial charge in [0, 0.05) is 18.7 Å². The topological polar surface area (TPSA) is 74.3 Å². The van der Waals surface area contributed by atoms with E-state index in [0.717, 1.165) is 5.56 Å². The van der Waals surface area contributed by atoms with Crippen molar-refractivity contribution < 1.29 is 9.21 Å². The Bertz CT molecular complexity index is 1040. The number of hydrogen-bond acceptors (Lipinski definition) is 4. The fourth-order valence-electron chi connectivity index (χ4n) is 2.72. The molecule has 0 unspecified atom stereocenters. The molecule has 0 aliphatic rings. The summed E-state index contributed by atoms with van der Waals surface area (Å²) in [5, 5.41) is 9.34. The molecule has 0 bridgehead atoms. The van der Waals surface area contributed by atoms with Crippen LogP contribution >= 0.6 is 0 Å². The molecule has 0 N–H and O–H groups in total. The van der Waals surface area contributed by atoms with E-state index in [-0.39, 0.29) is 23.1 Å². The van der Waals surface area contributed by atoms with Crippen LogP contribution in [0.4, 0.5) is 0 Å². The van der Waals surface area contributed by atoms with Crippen molar-refractivity contribution in [3.63, 3.8) is 0 Å². The number of para-hydroxylation sites is 1. The third-order valence-corrected chi connectivity index (χ3v) is 4.17. The lowest BCUT2D eigenvalue weighted by atomic mass is 10.1. The number of amides is 1. The molecule has 0 spiro atoms. The van der Waals surface area contributed by atoms with Crippen LogP contribution in [0.3, 0.4) is 0 Å². The number of fused-ring (bicyclic) bond motifs is 1. The predicted octanol–water partition coefficient (Wildman–Crippen LogP) is 3.72. The molecule has 130 valence electrons. The van der Waals surface area contributed by atoms with Gasteiger partial charge >= 0.3 is 0 Å². The maximum atomic E-state index is 13.0. The Balaban J connectivity index is 1.94. The molecule has 2 aromatic carbocycles. The lowest BCUT2D eigenvalue weighted by molar-refractivity contribution is 0.0658. The summed E-state index contributed by atoms with van der Waals surface area (Å²) in [6.07, 6.45) is 0. The molecule has 1 heterocycles. The summed E-state index contributed by atoms with van der Waals surface area (Å²) in [4.78, 5) is 26.8. The molecule has 0 radical (unpaired) electrons. The lowest BCUT2D eigenvalue weighted by Crippen LogP contribution is -2.36. The Labute approximate surface area is 151 Å². The highest BCUT2D eigenvalue weighted by Crippen LogP contribution is 2.17. The summed E-state index contributed by atoms with van der Waals surface area (Å²) in [7, 11) is 0. The van der Waals surface area contributed by atoms with E-state index in [1.165, 1.54) is 6.07 Å². The first kappa shape index (κ1) is 17.4. The number of carbonyl (C=O) groups is 1. The molecule has 3 rings (SSSR count). The largest absolute Gasteiger partial charge is 0.451 e. The Morgan fingerprint density at radius 3 is 2.50 bits per heavy atom. The molecular formula is C21H18N2O3. The van der Waals surface area contributed by atoms with Crippen molar-refractivity contribution in [3.8, 4) is 6.07 Å². The van der Waals surface area contributed by atoms with Gasteiger partial charge in [0.15, 0.2) is 11.2 Å². The van der Waals surface area contributed by atoms with Crippen LogP contribution in [0.5, 0.6) is 0 Å². The van der Waals surface area contributed by atoms with Crippen LogP contribution in [0.25, 0.3) is 11.0 Å². The lowest BCUT2D eigenvalue weighted by Gasteiger charge is -2.26. The van der Waals surface area contributed by atoms with Crippen molar-refractivity contribution >= 4 is 16.9 Å².